The SMILES string of the molecule is CC(C)Oc1cc2cn(C3CCN(CC(N)=O)CC3)c(O)c2cc1Nc1ncc(Cl)c(Nc2ccccc2S(=O)(=O)C(C)C)n1. The molecule has 1 aliphatic heterocycles. The predicted molar refractivity (Wildman–Crippen MR) is 176 cm³/mol. The van der Waals surface area contributed by atoms with Crippen molar-refractivity contribution in [3.63, 3.8) is 0 Å². The molecule has 2 aromatic heterocycles. The first-order valence-corrected chi connectivity index (χ1v) is 16.7. The lowest BCUT2D eigenvalue weighted by molar-refractivity contribution is -0.119. The quantitative estimate of drug-likeness (QED) is 0.165. The molecule has 1 amide bonds. The Morgan fingerprint density at radius 3 is 2.51 bits per heavy atom. The van der Waals surface area contributed by atoms with Crippen LogP contribution in [0.3, 0.4) is 0 Å². The Labute approximate surface area is 267 Å². The maximum atomic E-state index is 13.0. The maximum absolute atomic E-state index is 13.0. The number of aromatic hydroxyl groups is 1. The normalized spacial score (nSPS) is 14.7. The van der Waals surface area contributed by atoms with E-state index in [1.165, 1.54) is 6.20 Å². The first-order chi connectivity index (χ1) is 21.3. The van der Waals surface area contributed by atoms with E-state index in [0.717, 1.165) is 18.2 Å². The van der Waals surface area contributed by atoms with Crippen molar-refractivity contribution >= 4 is 61.3 Å². The lowest BCUT2D eigenvalue weighted by Crippen LogP contribution is -2.39. The van der Waals surface area contributed by atoms with E-state index >= 15 is 0 Å². The highest BCUT2D eigenvalue weighted by Gasteiger charge is 2.26. The number of carbonyl (C=O) groups excluding carboxylic acids is 1. The molecule has 240 valence electrons. The smallest absolute Gasteiger partial charge is 0.231 e. The van der Waals surface area contributed by atoms with Gasteiger partial charge >= 0.3 is 0 Å². The highest BCUT2D eigenvalue weighted by molar-refractivity contribution is 7.92. The zero-order chi connectivity index (χ0) is 32.5. The summed E-state index contributed by atoms with van der Waals surface area (Å²) in [5.74, 6) is 0.703. The van der Waals surface area contributed by atoms with Crippen LogP contribution in [0.1, 0.15) is 46.6 Å². The number of likely N-dealkylation sites (tertiary alicyclic amines) is 1. The van der Waals surface area contributed by atoms with Gasteiger partial charge in [-0.05, 0) is 64.8 Å². The molecule has 0 unspecified atom stereocenters. The molecule has 4 aromatic rings. The summed E-state index contributed by atoms with van der Waals surface area (Å²) in [6.07, 6.45) is 4.71. The third-order valence-electron chi connectivity index (χ3n) is 7.67. The van der Waals surface area contributed by atoms with Gasteiger partial charge in [0.2, 0.25) is 11.9 Å². The van der Waals surface area contributed by atoms with Gasteiger partial charge in [0.25, 0.3) is 0 Å². The van der Waals surface area contributed by atoms with E-state index in [2.05, 4.69) is 20.6 Å². The summed E-state index contributed by atoms with van der Waals surface area (Å²) >= 11 is 6.44. The number of halogens is 1. The van der Waals surface area contributed by atoms with Crippen LogP contribution < -0.4 is 21.1 Å². The number of ether oxygens (including phenoxy) is 1. The number of amides is 1. The monoisotopic (exact) mass is 655 g/mol. The number of piperidine rings is 1. The molecule has 14 heteroatoms. The molecule has 3 heterocycles. The molecule has 12 nitrogen and oxygen atoms in total. The van der Waals surface area contributed by atoms with Gasteiger partial charge in [0.15, 0.2) is 21.5 Å². The minimum absolute atomic E-state index is 0.0584. The van der Waals surface area contributed by atoms with Crippen LogP contribution in [-0.2, 0) is 14.6 Å². The number of carbonyl (C=O) groups is 1. The van der Waals surface area contributed by atoms with Gasteiger partial charge in [0.05, 0.1) is 40.4 Å². The minimum Gasteiger partial charge on any atom is -0.494 e. The number of rotatable bonds is 11. The van der Waals surface area contributed by atoms with E-state index in [1.54, 1.807) is 44.2 Å². The molecule has 5 rings (SSSR count). The number of nitrogens with zero attached hydrogens (tertiary/aromatic N) is 4. The summed E-state index contributed by atoms with van der Waals surface area (Å²) < 4.78 is 34.0. The van der Waals surface area contributed by atoms with Crippen molar-refractivity contribution in [2.45, 2.75) is 62.8 Å². The standard InChI is InChI=1S/C31H38ClN7O5S/c1-18(2)44-26-13-20-16-39(21-9-11-38(12-10-21)17-28(33)40)30(41)22(20)14-25(26)36-31-34-15-23(32)29(37-31)35-24-7-5-6-8-27(24)45(42,43)19(3)4/h5-8,13-16,18-19,21,41H,9-12,17H2,1-4H3,(H2,33,40)(H2,34,35,36,37). The number of hydrogen-bond donors (Lipinski definition) is 4. The molecule has 1 aliphatic rings. The number of hydrogen-bond acceptors (Lipinski definition) is 10. The van der Waals surface area contributed by atoms with E-state index in [0.29, 0.717) is 35.6 Å². The van der Waals surface area contributed by atoms with Crippen LogP contribution in [0.2, 0.25) is 5.02 Å². The van der Waals surface area contributed by atoms with E-state index in [4.69, 9.17) is 22.1 Å². The Morgan fingerprint density at radius 1 is 1.13 bits per heavy atom. The molecular formula is C31H38ClN7O5S. The Morgan fingerprint density at radius 2 is 1.84 bits per heavy atom. The third kappa shape index (κ3) is 7.10. The molecule has 1 fully saturated rings. The number of nitrogens with one attached hydrogen (secondary N) is 2. The van der Waals surface area contributed by atoms with Crippen LogP contribution in [-0.4, -0.2) is 69.9 Å². The maximum Gasteiger partial charge on any atom is 0.231 e. The first-order valence-electron chi connectivity index (χ1n) is 14.8. The van der Waals surface area contributed by atoms with Gasteiger partial charge in [-0.25, -0.2) is 13.4 Å². The van der Waals surface area contributed by atoms with Gasteiger partial charge in [-0.3, -0.25) is 9.69 Å². The van der Waals surface area contributed by atoms with Crippen molar-refractivity contribution in [2.24, 2.45) is 5.73 Å². The van der Waals surface area contributed by atoms with Gasteiger partial charge in [-0.15, -0.1) is 0 Å². The Kier molecular flexibility index (Phi) is 9.42. The van der Waals surface area contributed by atoms with Crippen molar-refractivity contribution in [3.8, 4) is 11.6 Å². The number of sulfone groups is 1. The van der Waals surface area contributed by atoms with Gasteiger partial charge in [-0.2, -0.15) is 4.98 Å². The molecule has 0 radical (unpaired) electrons. The molecule has 0 bridgehead atoms. The second kappa shape index (κ2) is 13.1. The van der Waals surface area contributed by atoms with Crippen LogP contribution in [0, 0.1) is 0 Å². The average molecular weight is 656 g/mol. The zero-order valence-electron chi connectivity index (χ0n) is 25.6. The van der Waals surface area contributed by atoms with Crippen molar-refractivity contribution in [3.05, 3.63) is 53.8 Å². The summed E-state index contributed by atoms with van der Waals surface area (Å²) in [5.41, 5.74) is 6.23. The van der Waals surface area contributed by atoms with Crippen molar-refractivity contribution in [2.75, 3.05) is 30.3 Å². The van der Waals surface area contributed by atoms with E-state index in [9.17, 15) is 18.3 Å². The summed E-state index contributed by atoms with van der Waals surface area (Å²) in [6, 6.07) is 10.3. The molecular weight excluding hydrogens is 618 g/mol. The van der Waals surface area contributed by atoms with Crippen molar-refractivity contribution < 1.29 is 23.1 Å². The van der Waals surface area contributed by atoms with Gasteiger partial charge in [-0.1, -0.05) is 23.7 Å². The Hall–Kier alpha value is -4.07. The number of primary amides is 1. The summed E-state index contributed by atoms with van der Waals surface area (Å²) in [5, 5.41) is 18.5. The molecule has 0 spiro atoms. The molecule has 1 saturated heterocycles. The fraction of sp³-hybridized carbons (Fsp3) is 0.387. The number of para-hydroxylation sites is 1. The molecule has 0 atom stereocenters. The zero-order valence-corrected chi connectivity index (χ0v) is 27.2. The lowest BCUT2D eigenvalue weighted by atomic mass is 10.0. The second-order valence-electron chi connectivity index (χ2n) is 11.7. The van der Waals surface area contributed by atoms with Gasteiger partial charge in [0.1, 0.15) is 10.8 Å². The number of anilines is 4. The summed E-state index contributed by atoms with van der Waals surface area (Å²) in [4.78, 5) is 22.4. The largest absolute Gasteiger partial charge is 0.494 e. The molecule has 45 heavy (non-hydrogen) atoms. The fourth-order valence-electron chi connectivity index (χ4n) is 5.38. The van der Waals surface area contributed by atoms with Crippen LogP contribution in [0.4, 0.5) is 23.1 Å². The average Bonchev–Trinajstić information content (AvgIpc) is 3.29. The first kappa shape index (κ1) is 32.3. The van der Waals surface area contributed by atoms with Gasteiger partial charge in [0, 0.05) is 36.1 Å². The number of fused-ring (bicyclic) bond motifs is 1. The van der Waals surface area contributed by atoms with Crippen LogP contribution >= 0.6 is 11.6 Å². The summed E-state index contributed by atoms with van der Waals surface area (Å²) in [7, 11) is -3.58. The Balaban J connectivity index is 1.45. The summed E-state index contributed by atoms with van der Waals surface area (Å²) in [6.45, 7) is 8.72. The van der Waals surface area contributed by atoms with E-state index in [-0.39, 0.29) is 52.2 Å². The molecule has 0 saturated carbocycles. The van der Waals surface area contributed by atoms with Crippen LogP contribution in [0.5, 0.6) is 11.6 Å². The molecule has 5 N–H and O–H groups in total. The predicted octanol–water partition coefficient (Wildman–Crippen LogP) is 5.37. The third-order valence-corrected chi connectivity index (χ3v) is 10.2. The molecule has 0 aliphatic carbocycles. The van der Waals surface area contributed by atoms with Crippen molar-refractivity contribution in [1.82, 2.24) is 19.4 Å². The minimum atomic E-state index is -3.58. The topological polar surface area (TPSA) is 165 Å². The van der Waals surface area contributed by atoms with E-state index < -0.39 is 15.1 Å². The van der Waals surface area contributed by atoms with Gasteiger partial charge < -0.3 is 30.8 Å². The number of benzene rings is 2. The van der Waals surface area contributed by atoms with Crippen LogP contribution in [0.15, 0.2) is 53.7 Å². The van der Waals surface area contributed by atoms with Crippen molar-refractivity contribution in [1.29, 1.82) is 0 Å². The number of nitrogens with two attached hydrogens (primary N) is 1. The van der Waals surface area contributed by atoms with Crippen LogP contribution in [0.25, 0.3) is 10.8 Å². The van der Waals surface area contributed by atoms with E-state index in [1.807, 2.05) is 35.6 Å². The lowest BCUT2D eigenvalue weighted by Gasteiger charge is -2.32. The second-order valence-corrected chi connectivity index (χ2v) is 14.5. The molecule has 2 aromatic carbocycles. The Bertz CT molecular complexity index is 1820. The number of aromatic nitrogens is 3. The highest BCUT2D eigenvalue weighted by atomic mass is 35.5. The fourth-order valence-corrected chi connectivity index (χ4v) is 6.72. The highest BCUT2D eigenvalue weighted by Crippen LogP contribution is 2.40.